The predicted molar refractivity (Wildman–Crippen MR) is 321 cm³/mol. The molecule has 0 fully saturated rings. The van der Waals surface area contributed by atoms with Crippen molar-refractivity contribution < 1.29 is 28.6 Å². The normalized spacial score (nSPS) is 12.6. The van der Waals surface area contributed by atoms with E-state index < -0.39 is 6.10 Å². The average molecular weight is 1030 g/mol. The lowest BCUT2D eigenvalue weighted by Crippen LogP contribution is -2.30. The van der Waals surface area contributed by atoms with Gasteiger partial charge in [-0.15, -0.1) is 0 Å². The molecule has 0 bridgehead atoms. The number of hydrogen-bond donors (Lipinski definition) is 0. The topological polar surface area (TPSA) is 78.9 Å². The lowest BCUT2D eigenvalue weighted by molar-refractivity contribution is -0.167. The highest BCUT2D eigenvalue weighted by atomic mass is 16.6. The Hall–Kier alpha value is -3.41. The summed E-state index contributed by atoms with van der Waals surface area (Å²) in [6, 6.07) is 0. The van der Waals surface area contributed by atoms with Gasteiger partial charge in [-0.25, -0.2) is 0 Å². The second kappa shape index (κ2) is 62.1. The maximum atomic E-state index is 12.9. The van der Waals surface area contributed by atoms with Crippen molar-refractivity contribution in [3.63, 3.8) is 0 Å². The highest BCUT2D eigenvalue weighted by Gasteiger charge is 2.19. The highest BCUT2D eigenvalue weighted by molar-refractivity contribution is 5.71. The molecule has 0 radical (unpaired) electrons. The molecule has 0 aromatic rings. The van der Waals surface area contributed by atoms with E-state index in [1.807, 2.05) is 0 Å². The van der Waals surface area contributed by atoms with Crippen LogP contribution in [0.5, 0.6) is 0 Å². The number of ether oxygens (including phenoxy) is 3. The molecule has 0 rings (SSSR count). The molecule has 1 unspecified atom stereocenters. The van der Waals surface area contributed by atoms with Crippen LogP contribution in [0.2, 0.25) is 0 Å². The van der Waals surface area contributed by atoms with Gasteiger partial charge < -0.3 is 14.2 Å². The van der Waals surface area contributed by atoms with Crippen LogP contribution in [-0.2, 0) is 28.6 Å². The fraction of sp³-hybridized carbons (Fsp3) is 0.750. The molecule has 0 N–H and O–H groups in total. The van der Waals surface area contributed by atoms with Gasteiger partial charge in [0.1, 0.15) is 13.2 Å². The second-order valence-corrected chi connectivity index (χ2v) is 20.9. The van der Waals surface area contributed by atoms with Gasteiger partial charge in [0, 0.05) is 19.3 Å². The van der Waals surface area contributed by atoms with Crippen molar-refractivity contribution in [1.29, 1.82) is 0 Å². The van der Waals surface area contributed by atoms with Gasteiger partial charge in [-0.1, -0.05) is 260 Å². The average Bonchev–Trinajstić information content (AvgIpc) is 3.40. The molecule has 0 saturated heterocycles. The highest BCUT2D eigenvalue weighted by Crippen LogP contribution is 2.16. The SMILES string of the molecule is CC/C=C\C/C=C\C/C=C\C/C=C\CCCCCCCCCCC(=O)OCC(COC(=O)CCCCCCCCC/C=C\CCCCCCCC)OC(=O)CCCCCCCCC/C=C\C/C=C\CCCCCC. The summed E-state index contributed by atoms with van der Waals surface area (Å²) >= 11 is 0. The smallest absolute Gasteiger partial charge is 0.306 e. The molecule has 0 aromatic heterocycles. The fourth-order valence-electron chi connectivity index (χ4n) is 8.87. The zero-order valence-corrected chi connectivity index (χ0v) is 48.8. The number of carbonyl (C=O) groups excluding carboxylic acids is 3. The maximum Gasteiger partial charge on any atom is 0.306 e. The van der Waals surface area contributed by atoms with E-state index >= 15 is 0 Å². The molecule has 0 aromatic carbocycles. The summed E-state index contributed by atoms with van der Waals surface area (Å²) in [6.07, 6.45) is 81.4. The molecule has 74 heavy (non-hydrogen) atoms. The first-order valence-corrected chi connectivity index (χ1v) is 31.6. The van der Waals surface area contributed by atoms with Crippen molar-refractivity contribution in [1.82, 2.24) is 0 Å². The largest absolute Gasteiger partial charge is 0.462 e. The summed E-state index contributed by atoms with van der Waals surface area (Å²) in [5.41, 5.74) is 0. The quantitative estimate of drug-likeness (QED) is 0.0261. The summed E-state index contributed by atoms with van der Waals surface area (Å²) in [5, 5.41) is 0. The zero-order valence-electron chi connectivity index (χ0n) is 48.8. The summed E-state index contributed by atoms with van der Waals surface area (Å²) in [5.74, 6) is -0.892. The number of unbranched alkanes of at least 4 members (excludes halogenated alkanes) is 32. The third kappa shape index (κ3) is 59.5. The zero-order chi connectivity index (χ0) is 53.6. The van der Waals surface area contributed by atoms with Crippen LogP contribution < -0.4 is 0 Å². The number of hydrogen-bond acceptors (Lipinski definition) is 6. The van der Waals surface area contributed by atoms with E-state index in [-0.39, 0.29) is 31.1 Å². The van der Waals surface area contributed by atoms with Gasteiger partial charge in [-0.2, -0.15) is 0 Å². The lowest BCUT2D eigenvalue weighted by Gasteiger charge is -2.18. The number of esters is 3. The first kappa shape index (κ1) is 70.6. The van der Waals surface area contributed by atoms with Crippen LogP contribution >= 0.6 is 0 Å². The van der Waals surface area contributed by atoms with E-state index in [1.165, 1.54) is 167 Å². The molecule has 0 heterocycles. The van der Waals surface area contributed by atoms with Crippen molar-refractivity contribution in [3.05, 3.63) is 85.1 Å². The van der Waals surface area contributed by atoms with Crippen LogP contribution in [0, 0.1) is 0 Å². The Morgan fingerprint density at radius 1 is 0.284 bits per heavy atom. The van der Waals surface area contributed by atoms with Gasteiger partial charge in [-0.05, 0) is 116 Å². The van der Waals surface area contributed by atoms with Crippen molar-refractivity contribution in [2.75, 3.05) is 13.2 Å². The van der Waals surface area contributed by atoms with Crippen molar-refractivity contribution in [3.8, 4) is 0 Å². The molecule has 0 amide bonds. The molecule has 0 aliphatic heterocycles. The summed E-state index contributed by atoms with van der Waals surface area (Å²) in [7, 11) is 0. The summed E-state index contributed by atoms with van der Waals surface area (Å²) in [4.78, 5) is 38.3. The first-order chi connectivity index (χ1) is 36.5. The van der Waals surface area contributed by atoms with E-state index in [0.29, 0.717) is 19.3 Å². The van der Waals surface area contributed by atoms with Crippen LogP contribution in [0.1, 0.15) is 310 Å². The number of rotatable bonds is 57. The minimum atomic E-state index is -0.788. The molecule has 1 atom stereocenters. The van der Waals surface area contributed by atoms with Gasteiger partial charge >= 0.3 is 17.9 Å². The Kier molecular flexibility index (Phi) is 59.3. The van der Waals surface area contributed by atoms with Crippen LogP contribution in [0.4, 0.5) is 0 Å². The molecule has 0 aliphatic rings. The van der Waals surface area contributed by atoms with Gasteiger partial charge in [0.05, 0.1) is 0 Å². The fourth-order valence-corrected chi connectivity index (χ4v) is 8.87. The van der Waals surface area contributed by atoms with Gasteiger partial charge in [0.15, 0.2) is 6.10 Å². The van der Waals surface area contributed by atoms with E-state index in [0.717, 1.165) is 103 Å². The summed E-state index contributed by atoms with van der Waals surface area (Å²) in [6.45, 7) is 6.52. The Morgan fingerprint density at radius 2 is 0.527 bits per heavy atom. The Morgan fingerprint density at radius 3 is 0.851 bits per heavy atom. The number of carbonyl (C=O) groups is 3. The Bertz CT molecular complexity index is 1420. The molecule has 6 heteroatoms. The molecule has 0 saturated carbocycles. The molecule has 426 valence electrons. The third-order valence-electron chi connectivity index (χ3n) is 13.6. The Labute approximate surface area is 458 Å². The van der Waals surface area contributed by atoms with Crippen molar-refractivity contribution in [2.45, 2.75) is 316 Å². The van der Waals surface area contributed by atoms with E-state index in [2.05, 4.69) is 106 Å². The van der Waals surface area contributed by atoms with Crippen LogP contribution in [-0.4, -0.2) is 37.2 Å². The van der Waals surface area contributed by atoms with Crippen LogP contribution in [0.3, 0.4) is 0 Å². The van der Waals surface area contributed by atoms with Gasteiger partial charge in [0.25, 0.3) is 0 Å². The minimum Gasteiger partial charge on any atom is -0.462 e. The van der Waals surface area contributed by atoms with Crippen molar-refractivity contribution >= 4 is 17.9 Å². The van der Waals surface area contributed by atoms with E-state index in [1.54, 1.807) is 0 Å². The second-order valence-electron chi connectivity index (χ2n) is 20.9. The number of allylic oxidation sites excluding steroid dienone is 14. The van der Waals surface area contributed by atoms with E-state index in [9.17, 15) is 14.4 Å². The predicted octanol–water partition coefficient (Wildman–Crippen LogP) is 21.5. The van der Waals surface area contributed by atoms with Gasteiger partial charge in [-0.3, -0.25) is 14.4 Å². The van der Waals surface area contributed by atoms with Crippen LogP contribution in [0.15, 0.2) is 85.1 Å². The maximum absolute atomic E-state index is 12.9. The third-order valence-corrected chi connectivity index (χ3v) is 13.6. The molecular weight excluding hydrogens is 913 g/mol. The van der Waals surface area contributed by atoms with Gasteiger partial charge in [0.2, 0.25) is 0 Å². The lowest BCUT2D eigenvalue weighted by atomic mass is 10.1. The summed E-state index contributed by atoms with van der Waals surface area (Å²) < 4.78 is 16.9. The first-order valence-electron chi connectivity index (χ1n) is 31.6. The molecular formula is C68H118O6. The standard InChI is InChI=1S/C68H118O6/c1-4-7-10-13-16-19-22-25-28-31-33-34-35-38-40-43-46-49-52-55-58-61-67(70)73-64-65(63-72-66(69)60-57-54-51-48-45-42-39-36-30-27-24-21-18-15-12-9-6-3)74-68(71)62-59-56-53-50-47-44-41-37-32-29-26-23-20-17-14-11-8-5-2/h7,10,16,19-20,23,25,27-30,32-34,65H,4-6,8-9,11-15,17-18,21-22,24,26,31,35-64H2,1-3H3/b10-7-,19-16-,23-20-,28-25-,30-27-,32-29-,34-33-. The van der Waals surface area contributed by atoms with Crippen molar-refractivity contribution in [2.24, 2.45) is 0 Å². The molecule has 0 spiro atoms. The minimum absolute atomic E-state index is 0.0836. The molecule has 0 aliphatic carbocycles. The molecule has 6 nitrogen and oxygen atoms in total. The van der Waals surface area contributed by atoms with Crippen LogP contribution in [0.25, 0.3) is 0 Å². The Balaban J connectivity index is 4.40. The van der Waals surface area contributed by atoms with E-state index in [4.69, 9.17) is 14.2 Å². The monoisotopic (exact) mass is 1030 g/mol.